The molecule has 0 aliphatic heterocycles. The summed E-state index contributed by atoms with van der Waals surface area (Å²) in [6, 6.07) is 65.3. The van der Waals surface area contributed by atoms with Crippen LogP contribution in [0, 0.1) is 0 Å². The quantitative estimate of drug-likeness (QED) is 0.176. The van der Waals surface area contributed by atoms with Gasteiger partial charge in [0.2, 0.25) is 0 Å². The van der Waals surface area contributed by atoms with E-state index in [1.165, 1.54) is 16.3 Å². The van der Waals surface area contributed by atoms with E-state index in [9.17, 15) is 0 Å². The standard InChI is InChI=1S/C53H31N3O2/c1-2-11-33(12-3-1)51-54-52(56-53(55-51)39-25-27-47-45(30-39)43-15-6-7-18-46(43)57-47)38-23-21-34-28-36(22-20-35(34)29-38)42-17-9-19-48-50(42)44-26-24-37(31-49(44)58-48)41-16-8-13-32-10-4-5-14-40(32)41/h1-31H. The summed E-state index contributed by atoms with van der Waals surface area (Å²) < 4.78 is 12.7. The topological polar surface area (TPSA) is 65.0 Å². The molecule has 0 aliphatic rings. The van der Waals surface area contributed by atoms with E-state index < -0.39 is 0 Å². The molecule has 3 heterocycles. The summed E-state index contributed by atoms with van der Waals surface area (Å²) in [5, 5.41) is 8.99. The zero-order valence-corrected chi connectivity index (χ0v) is 31.1. The van der Waals surface area contributed by atoms with Crippen molar-refractivity contribution in [1.82, 2.24) is 15.0 Å². The molecule has 0 amide bonds. The van der Waals surface area contributed by atoms with E-state index in [0.717, 1.165) is 88.0 Å². The Morgan fingerprint density at radius 2 is 0.845 bits per heavy atom. The molecule has 5 heteroatoms. The van der Waals surface area contributed by atoms with E-state index >= 15 is 0 Å². The molecule has 270 valence electrons. The molecule has 0 saturated heterocycles. The Morgan fingerprint density at radius 1 is 0.276 bits per heavy atom. The van der Waals surface area contributed by atoms with Crippen LogP contribution in [0.25, 0.3) is 122 Å². The van der Waals surface area contributed by atoms with Crippen LogP contribution in [0.3, 0.4) is 0 Å². The second-order valence-electron chi connectivity index (χ2n) is 14.8. The number of aromatic nitrogens is 3. The van der Waals surface area contributed by atoms with Gasteiger partial charge in [0.05, 0.1) is 0 Å². The molecule has 0 radical (unpaired) electrons. The third kappa shape index (κ3) is 5.29. The number of para-hydroxylation sites is 1. The molecule has 0 bridgehead atoms. The van der Waals surface area contributed by atoms with Gasteiger partial charge >= 0.3 is 0 Å². The van der Waals surface area contributed by atoms with Crippen molar-refractivity contribution in [3.05, 3.63) is 188 Å². The van der Waals surface area contributed by atoms with E-state index in [2.05, 4.69) is 127 Å². The van der Waals surface area contributed by atoms with Crippen molar-refractivity contribution in [2.75, 3.05) is 0 Å². The summed E-state index contributed by atoms with van der Waals surface area (Å²) in [6.07, 6.45) is 0. The number of furan rings is 2. The van der Waals surface area contributed by atoms with E-state index in [0.29, 0.717) is 17.5 Å². The predicted molar refractivity (Wildman–Crippen MR) is 237 cm³/mol. The second-order valence-corrected chi connectivity index (χ2v) is 14.8. The molecule has 0 spiro atoms. The molecule has 12 rings (SSSR count). The highest BCUT2D eigenvalue weighted by Crippen LogP contribution is 2.40. The first-order valence-electron chi connectivity index (χ1n) is 19.4. The van der Waals surface area contributed by atoms with Crippen LogP contribution < -0.4 is 0 Å². The van der Waals surface area contributed by atoms with Crippen molar-refractivity contribution >= 4 is 65.4 Å². The van der Waals surface area contributed by atoms with Crippen molar-refractivity contribution in [2.45, 2.75) is 0 Å². The van der Waals surface area contributed by atoms with Gasteiger partial charge in [-0.2, -0.15) is 0 Å². The molecule has 5 nitrogen and oxygen atoms in total. The monoisotopic (exact) mass is 741 g/mol. The lowest BCUT2D eigenvalue weighted by atomic mass is 9.95. The Balaban J connectivity index is 0.940. The van der Waals surface area contributed by atoms with E-state index in [4.69, 9.17) is 23.8 Å². The lowest BCUT2D eigenvalue weighted by Gasteiger charge is -2.10. The minimum absolute atomic E-state index is 0.608. The fraction of sp³-hybridized carbons (Fsp3) is 0. The highest BCUT2D eigenvalue weighted by molar-refractivity contribution is 6.14. The zero-order chi connectivity index (χ0) is 38.2. The Kier molecular flexibility index (Phi) is 7.16. The molecule has 9 aromatic carbocycles. The van der Waals surface area contributed by atoms with Gasteiger partial charge < -0.3 is 8.83 Å². The third-order valence-electron chi connectivity index (χ3n) is 11.3. The average molecular weight is 742 g/mol. The number of benzene rings is 9. The van der Waals surface area contributed by atoms with E-state index in [1.54, 1.807) is 0 Å². The first-order chi connectivity index (χ1) is 28.7. The van der Waals surface area contributed by atoms with Crippen LogP contribution in [-0.4, -0.2) is 15.0 Å². The SMILES string of the molecule is c1ccc(-c2nc(-c3ccc4cc(-c5cccc6oc7cc(-c8cccc9ccccc89)ccc7c56)ccc4c3)nc(-c3ccc4oc5ccccc5c4c3)n2)cc1. The van der Waals surface area contributed by atoms with Gasteiger partial charge in [0, 0.05) is 38.2 Å². The summed E-state index contributed by atoms with van der Waals surface area (Å²) in [5.41, 5.74) is 10.8. The van der Waals surface area contributed by atoms with Gasteiger partial charge in [-0.1, -0.05) is 133 Å². The first-order valence-corrected chi connectivity index (χ1v) is 19.4. The van der Waals surface area contributed by atoms with Crippen LogP contribution in [0.15, 0.2) is 197 Å². The Labute approximate surface area is 332 Å². The van der Waals surface area contributed by atoms with Crippen LogP contribution in [0.4, 0.5) is 0 Å². The Morgan fingerprint density at radius 3 is 1.71 bits per heavy atom. The second kappa shape index (κ2) is 12.8. The largest absolute Gasteiger partial charge is 0.456 e. The fourth-order valence-corrected chi connectivity index (χ4v) is 8.48. The molecule has 0 N–H and O–H groups in total. The Bertz CT molecular complexity index is 3580. The number of hydrogen-bond donors (Lipinski definition) is 0. The Hall–Kier alpha value is -7.89. The maximum atomic E-state index is 6.54. The lowest BCUT2D eigenvalue weighted by molar-refractivity contribution is 0.668. The third-order valence-corrected chi connectivity index (χ3v) is 11.3. The summed E-state index contributed by atoms with van der Waals surface area (Å²) in [5.74, 6) is 1.85. The number of nitrogens with zero attached hydrogens (tertiary/aromatic N) is 3. The van der Waals surface area contributed by atoms with Crippen molar-refractivity contribution < 1.29 is 8.83 Å². The maximum absolute atomic E-state index is 6.54. The van der Waals surface area contributed by atoms with Crippen LogP contribution in [0.2, 0.25) is 0 Å². The molecule has 0 unspecified atom stereocenters. The van der Waals surface area contributed by atoms with Gasteiger partial charge in [0.1, 0.15) is 22.3 Å². The summed E-state index contributed by atoms with van der Waals surface area (Å²) >= 11 is 0. The first kappa shape index (κ1) is 32.4. The highest BCUT2D eigenvalue weighted by Gasteiger charge is 2.17. The van der Waals surface area contributed by atoms with Gasteiger partial charge in [0.15, 0.2) is 17.5 Å². The van der Waals surface area contributed by atoms with Crippen LogP contribution >= 0.6 is 0 Å². The normalized spacial score (nSPS) is 11.8. The van der Waals surface area contributed by atoms with Crippen molar-refractivity contribution in [3.8, 4) is 56.4 Å². The van der Waals surface area contributed by atoms with Crippen molar-refractivity contribution in [3.63, 3.8) is 0 Å². The van der Waals surface area contributed by atoms with Crippen LogP contribution in [0.1, 0.15) is 0 Å². The minimum Gasteiger partial charge on any atom is -0.456 e. The van der Waals surface area contributed by atoms with Gasteiger partial charge in [0.25, 0.3) is 0 Å². The molecular weight excluding hydrogens is 711 g/mol. The molecule has 0 atom stereocenters. The molecule has 3 aromatic heterocycles. The van der Waals surface area contributed by atoms with Crippen LogP contribution in [0.5, 0.6) is 0 Å². The molecule has 0 aliphatic carbocycles. The average Bonchev–Trinajstić information content (AvgIpc) is 3.86. The summed E-state index contributed by atoms with van der Waals surface area (Å²) in [7, 11) is 0. The summed E-state index contributed by atoms with van der Waals surface area (Å²) in [6.45, 7) is 0. The molecule has 58 heavy (non-hydrogen) atoms. The smallest absolute Gasteiger partial charge is 0.164 e. The van der Waals surface area contributed by atoms with Gasteiger partial charge in [-0.3, -0.25) is 0 Å². The molecular formula is C53H31N3O2. The molecule has 0 fully saturated rings. The summed E-state index contributed by atoms with van der Waals surface area (Å²) in [4.78, 5) is 15.1. The minimum atomic E-state index is 0.608. The van der Waals surface area contributed by atoms with Crippen molar-refractivity contribution in [1.29, 1.82) is 0 Å². The number of hydrogen-bond acceptors (Lipinski definition) is 5. The van der Waals surface area contributed by atoms with E-state index in [-0.39, 0.29) is 0 Å². The van der Waals surface area contributed by atoms with Gasteiger partial charge in [-0.05, 0) is 98.4 Å². The fourth-order valence-electron chi connectivity index (χ4n) is 8.48. The van der Waals surface area contributed by atoms with Crippen molar-refractivity contribution in [2.24, 2.45) is 0 Å². The van der Waals surface area contributed by atoms with Gasteiger partial charge in [-0.15, -0.1) is 0 Å². The maximum Gasteiger partial charge on any atom is 0.164 e. The van der Waals surface area contributed by atoms with Gasteiger partial charge in [-0.25, -0.2) is 15.0 Å². The molecule has 0 saturated carbocycles. The predicted octanol–water partition coefficient (Wildman–Crippen LogP) is 14.3. The lowest BCUT2D eigenvalue weighted by Crippen LogP contribution is -2.00. The highest BCUT2D eigenvalue weighted by atomic mass is 16.3. The number of rotatable bonds is 5. The molecule has 12 aromatic rings. The zero-order valence-electron chi connectivity index (χ0n) is 31.1. The van der Waals surface area contributed by atoms with E-state index in [1.807, 2.05) is 60.7 Å². The van der Waals surface area contributed by atoms with Crippen LogP contribution in [-0.2, 0) is 0 Å². The number of fused-ring (bicyclic) bond motifs is 8.